The molecule has 4 nitrogen and oxygen atoms in total. The molecule has 1 aliphatic heterocycles. The summed E-state index contributed by atoms with van der Waals surface area (Å²) >= 11 is 1.57. The molecule has 0 unspecified atom stereocenters. The van der Waals surface area contributed by atoms with E-state index in [2.05, 4.69) is 10.1 Å². The van der Waals surface area contributed by atoms with Crippen molar-refractivity contribution in [3.63, 3.8) is 0 Å². The molecule has 0 fully saturated rings. The zero-order valence-electron chi connectivity index (χ0n) is 9.20. The molecule has 3 heterocycles. The van der Waals surface area contributed by atoms with Gasteiger partial charge in [0.2, 0.25) is 0 Å². The second kappa shape index (κ2) is 3.36. The fourth-order valence-electron chi connectivity index (χ4n) is 2.12. The highest BCUT2D eigenvalue weighted by molar-refractivity contribution is 7.13. The molecule has 1 aromatic carbocycles. The molecule has 0 spiro atoms. The molecule has 3 aromatic rings. The van der Waals surface area contributed by atoms with Crippen LogP contribution < -0.4 is 0 Å². The Labute approximate surface area is 107 Å². The first-order valence-electron chi connectivity index (χ1n) is 5.49. The Morgan fingerprint density at radius 1 is 1.06 bits per heavy atom. The topological polar surface area (TPSA) is 47.8 Å². The molecule has 0 saturated heterocycles. The lowest BCUT2D eigenvalue weighted by molar-refractivity contribution is 0.0955. The highest BCUT2D eigenvalue weighted by atomic mass is 32.1. The number of carbonyl (C=O) groups excluding carboxylic acids is 1. The Morgan fingerprint density at radius 3 is 2.67 bits per heavy atom. The van der Waals surface area contributed by atoms with Crippen molar-refractivity contribution < 1.29 is 4.79 Å². The number of thiophene rings is 1. The molecule has 0 saturated carbocycles. The van der Waals surface area contributed by atoms with Gasteiger partial charge in [-0.05, 0) is 17.5 Å². The van der Waals surface area contributed by atoms with Crippen LogP contribution in [-0.2, 0) is 0 Å². The molecule has 4 rings (SSSR count). The third kappa shape index (κ3) is 1.16. The first-order valence-corrected chi connectivity index (χ1v) is 6.37. The summed E-state index contributed by atoms with van der Waals surface area (Å²) in [5.41, 5.74) is 1.53. The van der Waals surface area contributed by atoms with Gasteiger partial charge in [-0.3, -0.25) is 4.79 Å². The molecule has 2 aromatic heterocycles. The number of rotatable bonds is 1. The van der Waals surface area contributed by atoms with Gasteiger partial charge in [-0.15, -0.1) is 16.4 Å². The van der Waals surface area contributed by atoms with E-state index in [0.717, 1.165) is 10.4 Å². The summed E-state index contributed by atoms with van der Waals surface area (Å²) in [6.45, 7) is 0. The molecular weight excluding hydrogens is 246 g/mol. The van der Waals surface area contributed by atoms with Crippen LogP contribution in [0.1, 0.15) is 10.4 Å². The summed E-state index contributed by atoms with van der Waals surface area (Å²) in [5, 5.41) is 6.26. The fraction of sp³-hybridized carbons (Fsp3) is 0. The van der Waals surface area contributed by atoms with Crippen molar-refractivity contribution in [1.82, 2.24) is 14.8 Å². The van der Waals surface area contributed by atoms with Gasteiger partial charge in [0.15, 0.2) is 11.6 Å². The van der Waals surface area contributed by atoms with E-state index in [9.17, 15) is 4.79 Å². The molecule has 0 radical (unpaired) electrons. The van der Waals surface area contributed by atoms with E-state index in [1.54, 1.807) is 17.4 Å². The Kier molecular flexibility index (Phi) is 1.82. The summed E-state index contributed by atoms with van der Waals surface area (Å²) in [4.78, 5) is 17.6. The van der Waals surface area contributed by atoms with Crippen molar-refractivity contribution >= 4 is 17.2 Å². The van der Waals surface area contributed by atoms with E-state index >= 15 is 0 Å². The van der Waals surface area contributed by atoms with Crippen molar-refractivity contribution in [2.45, 2.75) is 0 Å². The van der Waals surface area contributed by atoms with Crippen molar-refractivity contribution in [2.75, 3.05) is 0 Å². The predicted molar refractivity (Wildman–Crippen MR) is 68.5 cm³/mol. The molecule has 0 N–H and O–H groups in total. The zero-order valence-corrected chi connectivity index (χ0v) is 10.0. The molecule has 1 aliphatic rings. The Morgan fingerprint density at radius 2 is 1.89 bits per heavy atom. The molecule has 0 bridgehead atoms. The maximum Gasteiger partial charge on any atom is 0.280 e. The van der Waals surface area contributed by atoms with E-state index < -0.39 is 0 Å². The summed E-state index contributed by atoms with van der Waals surface area (Å²) < 4.78 is 1.39. The Hall–Kier alpha value is -2.27. The third-order valence-electron chi connectivity index (χ3n) is 2.94. The van der Waals surface area contributed by atoms with Gasteiger partial charge in [-0.1, -0.05) is 24.3 Å². The van der Waals surface area contributed by atoms with Crippen LogP contribution in [0.2, 0.25) is 0 Å². The maximum atomic E-state index is 12.1. The van der Waals surface area contributed by atoms with Crippen molar-refractivity contribution in [2.24, 2.45) is 0 Å². The summed E-state index contributed by atoms with van der Waals surface area (Å²) in [5.74, 6) is 1.15. The van der Waals surface area contributed by atoms with Crippen LogP contribution in [0.3, 0.4) is 0 Å². The van der Waals surface area contributed by atoms with Gasteiger partial charge >= 0.3 is 0 Å². The van der Waals surface area contributed by atoms with Gasteiger partial charge in [-0.2, -0.15) is 4.68 Å². The standard InChI is InChI=1S/C13H7N3OS/c17-13-9-5-2-1-4-8(9)12-14-11(15-16(12)13)10-6-3-7-18-10/h1-7H. The van der Waals surface area contributed by atoms with Gasteiger partial charge in [0.05, 0.1) is 10.4 Å². The maximum absolute atomic E-state index is 12.1. The van der Waals surface area contributed by atoms with Crippen LogP contribution in [0.15, 0.2) is 41.8 Å². The number of fused-ring (bicyclic) bond motifs is 3. The molecule has 86 valence electrons. The second-order valence-corrected chi connectivity index (χ2v) is 4.95. The van der Waals surface area contributed by atoms with E-state index in [1.807, 2.05) is 35.7 Å². The molecular formula is C13H7N3OS. The third-order valence-corrected chi connectivity index (χ3v) is 3.81. The number of nitrogens with zero attached hydrogens (tertiary/aromatic N) is 3. The van der Waals surface area contributed by atoms with Gasteiger partial charge in [0.1, 0.15) is 0 Å². The highest BCUT2D eigenvalue weighted by Crippen LogP contribution is 2.32. The van der Waals surface area contributed by atoms with Gasteiger partial charge in [-0.25, -0.2) is 4.98 Å². The van der Waals surface area contributed by atoms with Crippen LogP contribution in [0, 0.1) is 0 Å². The molecule has 0 aliphatic carbocycles. The monoisotopic (exact) mass is 253 g/mol. The second-order valence-electron chi connectivity index (χ2n) is 4.00. The average Bonchev–Trinajstić information content (AvgIpc) is 3.09. The van der Waals surface area contributed by atoms with Crippen molar-refractivity contribution in [1.29, 1.82) is 0 Å². The molecule has 0 amide bonds. The van der Waals surface area contributed by atoms with Crippen molar-refractivity contribution in [3.8, 4) is 22.1 Å². The van der Waals surface area contributed by atoms with E-state index in [1.165, 1.54) is 4.68 Å². The summed E-state index contributed by atoms with van der Waals surface area (Å²) in [6, 6.07) is 11.4. The minimum Gasteiger partial charge on any atom is -0.267 e. The lowest BCUT2D eigenvalue weighted by Gasteiger charge is -1.94. The van der Waals surface area contributed by atoms with Crippen LogP contribution >= 0.6 is 11.3 Å². The van der Waals surface area contributed by atoms with Crippen molar-refractivity contribution in [3.05, 3.63) is 47.3 Å². The number of carbonyl (C=O) groups is 1. The number of hydrogen-bond acceptors (Lipinski definition) is 4. The lowest BCUT2D eigenvalue weighted by atomic mass is 10.1. The predicted octanol–water partition coefficient (Wildman–Crippen LogP) is 2.68. The number of aromatic nitrogens is 3. The first-order chi connectivity index (χ1) is 8.84. The normalized spacial score (nSPS) is 12.6. The smallest absolute Gasteiger partial charge is 0.267 e. The number of hydrogen-bond donors (Lipinski definition) is 0. The minimum atomic E-state index is -0.101. The van der Waals surface area contributed by atoms with E-state index in [4.69, 9.17) is 0 Å². The zero-order chi connectivity index (χ0) is 12.1. The fourth-order valence-corrected chi connectivity index (χ4v) is 2.77. The minimum absolute atomic E-state index is 0.101. The van der Waals surface area contributed by atoms with E-state index in [-0.39, 0.29) is 5.91 Å². The average molecular weight is 253 g/mol. The quantitative estimate of drug-likeness (QED) is 0.524. The van der Waals surface area contributed by atoms with Gasteiger partial charge in [0.25, 0.3) is 5.91 Å². The Balaban J connectivity index is 1.96. The van der Waals surface area contributed by atoms with Crippen LogP contribution in [0.5, 0.6) is 0 Å². The van der Waals surface area contributed by atoms with Gasteiger partial charge < -0.3 is 0 Å². The van der Waals surface area contributed by atoms with Crippen LogP contribution in [-0.4, -0.2) is 20.7 Å². The first kappa shape index (κ1) is 9.73. The molecule has 0 atom stereocenters. The van der Waals surface area contributed by atoms with E-state index in [0.29, 0.717) is 17.2 Å². The summed E-state index contributed by atoms with van der Waals surface area (Å²) in [6.07, 6.45) is 0. The highest BCUT2D eigenvalue weighted by Gasteiger charge is 2.29. The largest absolute Gasteiger partial charge is 0.280 e. The molecule has 5 heteroatoms. The lowest BCUT2D eigenvalue weighted by Crippen LogP contribution is -2.07. The van der Waals surface area contributed by atoms with Crippen LogP contribution in [0.4, 0.5) is 0 Å². The number of benzene rings is 1. The Bertz CT molecular complexity index is 758. The molecule has 18 heavy (non-hydrogen) atoms. The van der Waals surface area contributed by atoms with Crippen LogP contribution in [0.25, 0.3) is 22.1 Å². The van der Waals surface area contributed by atoms with Gasteiger partial charge in [0, 0.05) is 5.56 Å². The SMILES string of the molecule is O=C1c2ccccc2-c2nc(-c3cccs3)nn21. The summed E-state index contributed by atoms with van der Waals surface area (Å²) in [7, 11) is 0.